The van der Waals surface area contributed by atoms with Crippen molar-refractivity contribution in [3.8, 4) is 0 Å². The fraction of sp³-hybridized carbons (Fsp3) is 0.0667. The first-order chi connectivity index (χ1) is 10.5. The molecule has 2 aromatic carbocycles. The third-order valence-corrected chi connectivity index (χ3v) is 2.98. The van der Waals surface area contributed by atoms with Crippen molar-refractivity contribution >= 4 is 34.6 Å². The number of carbonyl (C=O) groups excluding carboxylic acids is 1. The monoisotopic (exact) mass is 315 g/mol. The van der Waals surface area contributed by atoms with Gasteiger partial charge in [-0.3, -0.25) is 14.9 Å². The normalized spacial score (nSPS) is 9.82. The lowest BCUT2D eigenvalue weighted by Crippen LogP contribution is -2.35. The Morgan fingerprint density at radius 2 is 1.86 bits per heavy atom. The Balaban J connectivity index is 1.91. The Morgan fingerprint density at radius 1 is 1.14 bits per heavy atom. The number of rotatable bonds is 4. The molecule has 0 spiro atoms. The molecular weight excluding hydrogens is 302 g/mol. The summed E-state index contributed by atoms with van der Waals surface area (Å²) in [7, 11) is 0. The number of non-ortho nitro benzene ring substituents is 1. The molecule has 0 radical (unpaired) electrons. The molecule has 1 amide bonds. The van der Waals surface area contributed by atoms with E-state index in [0.717, 1.165) is 5.56 Å². The molecule has 0 saturated heterocycles. The van der Waals surface area contributed by atoms with Crippen LogP contribution in [0.4, 0.5) is 11.4 Å². The average Bonchev–Trinajstić information content (AvgIpc) is 2.48. The number of hydrogen-bond acceptors (Lipinski definition) is 4. The predicted molar refractivity (Wildman–Crippen MR) is 87.6 cm³/mol. The topological polar surface area (TPSA) is 84.3 Å². The van der Waals surface area contributed by atoms with Gasteiger partial charge >= 0.3 is 0 Å². The highest BCUT2D eigenvalue weighted by Crippen LogP contribution is 2.16. The first-order valence-corrected chi connectivity index (χ1v) is 6.84. The van der Waals surface area contributed by atoms with Crippen LogP contribution in [0.15, 0.2) is 54.6 Å². The molecule has 2 N–H and O–H groups in total. The Hall–Kier alpha value is -2.80. The van der Waals surface area contributed by atoms with Crippen LogP contribution >= 0.6 is 12.2 Å². The van der Waals surface area contributed by atoms with E-state index < -0.39 is 4.92 Å². The molecular formula is C15H13N3O3S. The largest absolute Gasteiger partial charge is 0.332 e. The molecule has 0 heterocycles. The zero-order valence-corrected chi connectivity index (χ0v) is 12.3. The van der Waals surface area contributed by atoms with Crippen molar-refractivity contribution in [1.82, 2.24) is 5.32 Å². The Morgan fingerprint density at radius 3 is 2.55 bits per heavy atom. The van der Waals surface area contributed by atoms with Crippen LogP contribution in [0.1, 0.15) is 5.56 Å². The summed E-state index contributed by atoms with van der Waals surface area (Å²) in [6.07, 6.45) is 0.206. The molecule has 6 nitrogen and oxygen atoms in total. The Labute approximate surface area is 132 Å². The number of carbonyl (C=O) groups is 1. The van der Waals surface area contributed by atoms with E-state index in [1.807, 2.05) is 30.3 Å². The van der Waals surface area contributed by atoms with Crippen LogP contribution in [0.25, 0.3) is 0 Å². The van der Waals surface area contributed by atoms with E-state index in [0.29, 0.717) is 5.69 Å². The molecule has 7 heteroatoms. The summed E-state index contributed by atoms with van der Waals surface area (Å²) in [5.74, 6) is -0.255. The van der Waals surface area contributed by atoms with E-state index in [1.54, 1.807) is 6.07 Å². The van der Waals surface area contributed by atoms with Gasteiger partial charge in [0.05, 0.1) is 11.3 Å². The van der Waals surface area contributed by atoms with Gasteiger partial charge < -0.3 is 10.6 Å². The molecule has 0 fully saturated rings. The maximum absolute atomic E-state index is 11.8. The molecule has 2 rings (SSSR count). The number of nitrogens with one attached hydrogen (secondary N) is 2. The van der Waals surface area contributed by atoms with Gasteiger partial charge in [0.2, 0.25) is 5.91 Å². The van der Waals surface area contributed by atoms with Gasteiger partial charge in [0, 0.05) is 17.8 Å². The zero-order valence-electron chi connectivity index (χ0n) is 11.5. The van der Waals surface area contributed by atoms with Crippen molar-refractivity contribution in [1.29, 1.82) is 0 Å². The molecule has 0 saturated carbocycles. The fourth-order valence-corrected chi connectivity index (χ4v) is 2.04. The van der Waals surface area contributed by atoms with E-state index in [-0.39, 0.29) is 23.1 Å². The van der Waals surface area contributed by atoms with Crippen molar-refractivity contribution in [3.63, 3.8) is 0 Å². The molecule has 0 aliphatic carbocycles. The molecule has 0 atom stereocenters. The summed E-state index contributed by atoms with van der Waals surface area (Å²) < 4.78 is 0. The van der Waals surface area contributed by atoms with Crippen LogP contribution in [0, 0.1) is 10.1 Å². The number of benzene rings is 2. The molecule has 112 valence electrons. The first-order valence-electron chi connectivity index (χ1n) is 6.44. The van der Waals surface area contributed by atoms with Crippen molar-refractivity contribution in [2.24, 2.45) is 0 Å². The second kappa shape index (κ2) is 7.28. The quantitative estimate of drug-likeness (QED) is 0.515. The van der Waals surface area contributed by atoms with E-state index in [9.17, 15) is 14.9 Å². The molecule has 2 aromatic rings. The van der Waals surface area contributed by atoms with E-state index in [1.165, 1.54) is 18.2 Å². The van der Waals surface area contributed by atoms with Gasteiger partial charge in [-0.15, -0.1) is 0 Å². The van der Waals surface area contributed by atoms with Gasteiger partial charge in [-0.25, -0.2) is 0 Å². The van der Waals surface area contributed by atoms with Gasteiger partial charge in [0.25, 0.3) is 5.69 Å². The number of hydrogen-bond donors (Lipinski definition) is 2. The maximum Gasteiger partial charge on any atom is 0.271 e. The van der Waals surface area contributed by atoms with Crippen LogP contribution in [-0.4, -0.2) is 15.9 Å². The summed E-state index contributed by atoms with van der Waals surface area (Å²) in [4.78, 5) is 22.0. The van der Waals surface area contributed by atoms with E-state index >= 15 is 0 Å². The van der Waals surface area contributed by atoms with Crippen LogP contribution in [-0.2, 0) is 11.2 Å². The van der Waals surface area contributed by atoms with Crippen molar-refractivity contribution in [2.75, 3.05) is 5.32 Å². The smallest absolute Gasteiger partial charge is 0.271 e. The molecule has 0 unspecified atom stereocenters. The SMILES string of the molecule is O=C(Cc1ccccc1)NC(=S)Nc1cccc([N+](=O)[O-])c1. The standard InChI is InChI=1S/C15H13N3O3S/c19-14(9-11-5-2-1-3-6-11)17-15(22)16-12-7-4-8-13(10-12)18(20)21/h1-8,10H,9H2,(H2,16,17,19,22). The lowest BCUT2D eigenvalue weighted by atomic mass is 10.1. The number of nitrogens with zero attached hydrogens (tertiary/aromatic N) is 1. The van der Waals surface area contributed by atoms with Crippen LogP contribution in [0.5, 0.6) is 0 Å². The van der Waals surface area contributed by atoms with Gasteiger partial charge in [0.1, 0.15) is 0 Å². The third kappa shape index (κ3) is 4.64. The van der Waals surface area contributed by atoms with E-state index in [2.05, 4.69) is 10.6 Å². The summed E-state index contributed by atoms with van der Waals surface area (Å²) in [5.41, 5.74) is 1.26. The van der Waals surface area contributed by atoms with Crippen LogP contribution < -0.4 is 10.6 Å². The maximum atomic E-state index is 11.8. The lowest BCUT2D eigenvalue weighted by Gasteiger charge is -2.09. The second-order valence-corrected chi connectivity index (χ2v) is 4.88. The molecule has 22 heavy (non-hydrogen) atoms. The fourth-order valence-electron chi connectivity index (χ4n) is 1.81. The predicted octanol–water partition coefficient (Wildman–Crippen LogP) is 2.65. The van der Waals surface area contributed by atoms with Crippen molar-refractivity contribution in [2.45, 2.75) is 6.42 Å². The Bertz CT molecular complexity index is 704. The van der Waals surface area contributed by atoms with Gasteiger partial charge in [-0.05, 0) is 23.8 Å². The summed E-state index contributed by atoms with van der Waals surface area (Å²) in [6.45, 7) is 0. The molecule has 0 aliphatic rings. The minimum atomic E-state index is -0.498. The molecule has 0 aromatic heterocycles. The van der Waals surface area contributed by atoms with Crippen LogP contribution in [0.3, 0.4) is 0 Å². The second-order valence-electron chi connectivity index (χ2n) is 4.47. The number of nitro groups is 1. The number of thiocarbonyl (C=S) groups is 1. The average molecular weight is 315 g/mol. The van der Waals surface area contributed by atoms with E-state index in [4.69, 9.17) is 12.2 Å². The minimum absolute atomic E-state index is 0.0524. The molecule has 0 aliphatic heterocycles. The Kier molecular flexibility index (Phi) is 5.16. The highest BCUT2D eigenvalue weighted by molar-refractivity contribution is 7.80. The molecule has 0 bridgehead atoms. The minimum Gasteiger partial charge on any atom is -0.332 e. The van der Waals surface area contributed by atoms with Gasteiger partial charge in [-0.1, -0.05) is 36.4 Å². The summed E-state index contributed by atoms with van der Waals surface area (Å²) in [6, 6.07) is 15.1. The number of nitro benzene ring substituents is 1. The van der Waals surface area contributed by atoms with Crippen molar-refractivity contribution in [3.05, 3.63) is 70.3 Å². The van der Waals surface area contributed by atoms with Gasteiger partial charge in [-0.2, -0.15) is 0 Å². The van der Waals surface area contributed by atoms with Gasteiger partial charge in [0.15, 0.2) is 5.11 Å². The zero-order chi connectivity index (χ0) is 15.9. The van der Waals surface area contributed by atoms with Crippen LogP contribution in [0.2, 0.25) is 0 Å². The first kappa shape index (κ1) is 15.6. The number of amides is 1. The number of anilines is 1. The summed E-state index contributed by atoms with van der Waals surface area (Å²) >= 11 is 5.02. The summed E-state index contributed by atoms with van der Waals surface area (Å²) in [5, 5.41) is 16.1. The lowest BCUT2D eigenvalue weighted by molar-refractivity contribution is -0.384. The highest BCUT2D eigenvalue weighted by atomic mass is 32.1. The highest BCUT2D eigenvalue weighted by Gasteiger charge is 2.09. The van der Waals surface area contributed by atoms with Crippen molar-refractivity contribution < 1.29 is 9.72 Å². The third-order valence-electron chi connectivity index (χ3n) is 2.78.